The molecule has 122 valence electrons. The lowest BCUT2D eigenvalue weighted by Crippen LogP contribution is -2.48. The third-order valence-corrected chi connectivity index (χ3v) is 4.93. The largest absolute Gasteiger partial charge is 0.368 e. The van der Waals surface area contributed by atoms with Crippen molar-refractivity contribution in [3.05, 3.63) is 33.9 Å². The molecule has 0 aromatic heterocycles. The number of sulfonamides is 1. The van der Waals surface area contributed by atoms with Gasteiger partial charge >= 0.3 is 0 Å². The summed E-state index contributed by atoms with van der Waals surface area (Å²) >= 11 is 0. The van der Waals surface area contributed by atoms with Gasteiger partial charge in [0.25, 0.3) is 5.69 Å². The highest BCUT2D eigenvalue weighted by atomic mass is 32.2. The molecule has 0 saturated carbocycles. The van der Waals surface area contributed by atoms with Gasteiger partial charge in [0.05, 0.1) is 9.82 Å². The zero-order valence-corrected chi connectivity index (χ0v) is 13.4. The number of hydrogen-bond acceptors (Lipinski definition) is 5. The van der Waals surface area contributed by atoms with Gasteiger partial charge in [0, 0.05) is 11.6 Å². The van der Waals surface area contributed by atoms with Crippen LogP contribution in [-0.4, -0.2) is 25.3 Å². The summed E-state index contributed by atoms with van der Waals surface area (Å²) in [5.41, 5.74) is 5.27. The van der Waals surface area contributed by atoms with Crippen molar-refractivity contribution in [2.24, 2.45) is 11.7 Å². The first-order valence-electron chi connectivity index (χ1n) is 6.66. The highest BCUT2D eigenvalue weighted by Gasteiger charge is 2.29. The van der Waals surface area contributed by atoms with Gasteiger partial charge in [-0.15, -0.1) is 0 Å². The van der Waals surface area contributed by atoms with E-state index in [-0.39, 0.29) is 16.5 Å². The van der Waals surface area contributed by atoms with Gasteiger partial charge in [-0.3, -0.25) is 14.9 Å². The second kappa shape index (κ2) is 6.84. The number of carbonyl (C=O) groups is 1. The Morgan fingerprint density at radius 3 is 2.50 bits per heavy atom. The Kier molecular flexibility index (Phi) is 5.61. The van der Waals surface area contributed by atoms with Gasteiger partial charge in [-0.25, -0.2) is 8.42 Å². The highest BCUT2D eigenvalue weighted by Crippen LogP contribution is 2.22. The summed E-state index contributed by atoms with van der Waals surface area (Å²) in [6.07, 6.45) is 0.546. The van der Waals surface area contributed by atoms with Crippen molar-refractivity contribution in [1.82, 2.24) is 4.72 Å². The van der Waals surface area contributed by atoms with Gasteiger partial charge in [-0.05, 0) is 18.9 Å². The van der Waals surface area contributed by atoms with E-state index in [0.717, 1.165) is 6.07 Å². The number of carbonyl (C=O) groups excluding carboxylic acids is 1. The third kappa shape index (κ3) is 4.01. The fourth-order valence-corrected chi connectivity index (χ4v) is 3.21. The molecule has 0 saturated heterocycles. The van der Waals surface area contributed by atoms with Crippen molar-refractivity contribution in [2.45, 2.75) is 38.1 Å². The van der Waals surface area contributed by atoms with Crippen LogP contribution in [-0.2, 0) is 14.8 Å². The van der Waals surface area contributed by atoms with Crippen molar-refractivity contribution in [2.75, 3.05) is 0 Å². The minimum atomic E-state index is -4.09. The molecule has 9 heteroatoms. The number of nitro benzene ring substituents is 1. The molecule has 0 aliphatic carbocycles. The Balaban J connectivity index is 3.21. The van der Waals surface area contributed by atoms with Crippen molar-refractivity contribution < 1.29 is 18.1 Å². The van der Waals surface area contributed by atoms with Gasteiger partial charge in [0.2, 0.25) is 15.9 Å². The van der Waals surface area contributed by atoms with Crippen LogP contribution in [0.3, 0.4) is 0 Å². The molecular formula is C13H19N3O5S. The monoisotopic (exact) mass is 329 g/mol. The minimum absolute atomic E-state index is 0.278. The Morgan fingerprint density at radius 1 is 1.45 bits per heavy atom. The van der Waals surface area contributed by atoms with E-state index in [1.54, 1.807) is 13.8 Å². The number of aryl methyl sites for hydroxylation is 1. The molecule has 2 atom stereocenters. The lowest BCUT2D eigenvalue weighted by atomic mass is 10.00. The van der Waals surface area contributed by atoms with Gasteiger partial charge in [0.15, 0.2) is 0 Å². The first-order valence-corrected chi connectivity index (χ1v) is 8.15. The highest BCUT2D eigenvalue weighted by molar-refractivity contribution is 7.89. The van der Waals surface area contributed by atoms with E-state index in [1.807, 2.05) is 0 Å². The number of nitro groups is 1. The standard InChI is InChI=1S/C13H19N3O5S/c1-4-8(2)12(13(14)17)15-22(20,21)10-6-5-9(3)11(7-10)16(18)19/h5-8,12,15H,4H2,1-3H3,(H2,14,17). The quantitative estimate of drug-likeness (QED) is 0.570. The molecule has 8 nitrogen and oxygen atoms in total. The van der Waals surface area contributed by atoms with Crippen LogP contribution in [0.4, 0.5) is 5.69 Å². The Hall–Kier alpha value is -2.00. The van der Waals surface area contributed by atoms with E-state index in [4.69, 9.17) is 5.73 Å². The van der Waals surface area contributed by atoms with Crippen LogP contribution in [0.5, 0.6) is 0 Å². The summed E-state index contributed by atoms with van der Waals surface area (Å²) in [5, 5.41) is 10.9. The van der Waals surface area contributed by atoms with Crippen LogP contribution >= 0.6 is 0 Å². The van der Waals surface area contributed by atoms with Gasteiger partial charge < -0.3 is 5.73 Å². The number of benzene rings is 1. The molecule has 22 heavy (non-hydrogen) atoms. The second-order valence-electron chi connectivity index (χ2n) is 5.09. The molecule has 0 bridgehead atoms. The van der Waals surface area contributed by atoms with Crippen LogP contribution < -0.4 is 10.5 Å². The topological polar surface area (TPSA) is 132 Å². The zero-order chi connectivity index (χ0) is 17.1. The molecule has 1 amide bonds. The Morgan fingerprint density at radius 2 is 2.05 bits per heavy atom. The maximum absolute atomic E-state index is 12.3. The van der Waals surface area contributed by atoms with Crippen molar-refractivity contribution in [1.29, 1.82) is 0 Å². The summed E-state index contributed by atoms with van der Waals surface area (Å²) in [6, 6.07) is 2.48. The number of nitrogens with zero attached hydrogens (tertiary/aromatic N) is 1. The molecule has 2 unspecified atom stereocenters. The molecule has 0 aliphatic rings. The summed E-state index contributed by atoms with van der Waals surface area (Å²) in [7, 11) is -4.09. The maximum Gasteiger partial charge on any atom is 0.273 e. The summed E-state index contributed by atoms with van der Waals surface area (Å²) < 4.78 is 26.8. The summed E-state index contributed by atoms with van der Waals surface area (Å²) in [6.45, 7) is 4.99. The number of amides is 1. The predicted molar refractivity (Wildman–Crippen MR) is 80.6 cm³/mol. The zero-order valence-electron chi connectivity index (χ0n) is 12.6. The molecule has 0 fully saturated rings. The van der Waals surface area contributed by atoms with Crippen LogP contribution in [0.2, 0.25) is 0 Å². The Bertz CT molecular complexity index is 687. The average Bonchev–Trinajstić information content (AvgIpc) is 2.43. The Labute approximate surface area is 128 Å². The molecule has 0 heterocycles. The van der Waals surface area contributed by atoms with E-state index >= 15 is 0 Å². The molecule has 3 N–H and O–H groups in total. The number of primary amides is 1. The van der Waals surface area contributed by atoms with Crippen LogP contribution in [0.25, 0.3) is 0 Å². The van der Waals surface area contributed by atoms with E-state index < -0.39 is 26.9 Å². The SMILES string of the molecule is CCC(C)C(NS(=O)(=O)c1ccc(C)c([N+](=O)[O-])c1)C(N)=O. The minimum Gasteiger partial charge on any atom is -0.368 e. The smallest absolute Gasteiger partial charge is 0.273 e. The summed E-state index contributed by atoms with van der Waals surface area (Å²) in [5.74, 6) is -1.09. The number of hydrogen-bond donors (Lipinski definition) is 2. The first-order chi connectivity index (χ1) is 10.1. The number of nitrogens with two attached hydrogens (primary N) is 1. The fraction of sp³-hybridized carbons (Fsp3) is 0.462. The van der Waals surface area contributed by atoms with Crippen LogP contribution in [0.15, 0.2) is 23.1 Å². The van der Waals surface area contributed by atoms with E-state index in [9.17, 15) is 23.3 Å². The molecule has 0 aliphatic heterocycles. The molecular weight excluding hydrogens is 310 g/mol. The molecule has 0 spiro atoms. The average molecular weight is 329 g/mol. The van der Waals surface area contributed by atoms with E-state index in [2.05, 4.69) is 4.72 Å². The molecule has 1 aromatic rings. The van der Waals surface area contributed by atoms with E-state index in [0.29, 0.717) is 12.0 Å². The maximum atomic E-state index is 12.3. The van der Waals surface area contributed by atoms with Crippen molar-refractivity contribution >= 4 is 21.6 Å². The van der Waals surface area contributed by atoms with Gasteiger partial charge in [-0.2, -0.15) is 4.72 Å². The van der Waals surface area contributed by atoms with Crippen LogP contribution in [0.1, 0.15) is 25.8 Å². The van der Waals surface area contributed by atoms with Crippen molar-refractivity contribution in [3.63, 3.8) is 0 Å². The van der Waals surface area contributed by atoms with Crippen LogP contribution in [0, 0.1) is 23.0 Å². The third-order valence-electron chi connectivity index (χ3n) is 3.49. The number of rotatable bonds is 7. The van der Waals surface area contributed by atoms with Gasteiger partial charge in [0.1, 0.15) is 6.04 Å². The normalized spacial score (nSPS) is 14.3. The molecule has 1 rings (SSSR count). The van der Waals surface area contributed by atoms with Gasteiger partial charge in [-0.1, -0.05) is 26.3 Å². The fourth-order valence-electron chi connectivity index (χ4n) is 1.88. The van der Waals surface area contributed by atoms with E-state index in [1.165, 1.54) is 19.1 Å². The predicted octanol–water partition coefficient (Wildman–Crippen LogP) is 1.08. The lowest BCUT2D eigenvalue weighted by molar-refractivity contribution is -0.385. The first kappa shape index (κ1) is 18.1. The molecule has 1 aromatic carbocycles. The number of nitrogens with one attached hydrogen (secondary N) is 1. The lowest BCUT2D eigenvalue weighted by Gasteiger charge is -2.21. The molecule has 0 radical (unpaired) electrons. The second-order valence-corrected chi connectivity index (χ2v) is 6.81. The van der Waals surface area contributed by atoms with Crippen molar-refractivity contribution in [3.8, 4) is 0 Å². The summed E-state index contributed by atoms with van der Waals surface area (Å²) in [4.78, 5) is 21.4.